The number of benzene rings is 2. The van der Waals surface area contributed by atoms with E-state index >= 15 is 0 Å². The van der Waals surface area contributed by atoms with Gasteiger partial charge in [-0.25, -0.2) is 4.79 Å². The van der Waals surface area contributed by atoms with Crippen LogP contribution in [0.5, 0.6) is 0 Å². The summed E-state index contributed by atoms with van der Waals surface area (Å²) in [5.41, 5.74) is 2.15. The number of nitrogens with one attached hydrogen (secondary N) is 1. The average Bonchev–Trinajstić information content (AvgIpc) is 2.72. The van der Waals surface area contributed by atoms with Gasteiger partial charge in [0.1, 0.15) is 0 Å². The van der Waals surface area contributed by atoms with Gasteiger partial charge in [0.15, 0.2) is 6.10 Å². The Morgan fingerprint density at radius 2 is 1.72 bits per heavy atom. The molecule has 2 aromatic rings. The summed E-state index contributed by atoms with van der Waals surface area (Å²) >= 11 is 1.26. The molecule has 7 heteroatoms. The van der Waals surface area contributed by atoms with Crippen molar-refractivity contribution >= 4 is 35.2 Å². The highest BCUT2D eigenvalue weighted by Crippen LogP contribution is 2.24. The molecular formula is C22H26N2O4S. The number of aryl methyl sites for hydroxylation is 1. The van der Waals surface area contributed by atoms with Gasteiger partial charge < -0.3 is 15.0 Å². The largest absolute Gasteiger partial charge is 0.449 e. The minimum absolute atomic E-state index is 0.0555. The summed E-state index contributed by atoms with van der Waals surface area (Å²) in [5.74, 6) is -0.855. The normalized spacial score (nSPS) is 11.4. The van der Waals surface area contributed by atoms with Crippen LogP contribution in [0.2, 0.25) is 0 Å². The topological polar surface area (TPSA) is 75.7 Å². The van der Waals surface area contributed by atoms with Crippen LogP contribution in [0.15, 0.2) is 53.4 Å². The molecule has 0 saturated heterocycles. The quantitative estimate of drug-likeness (QED) is 0.527. The molecule has 2 aromatic carbocycles. The Hall–Kier alpha value is -2.80. The van der Waals surface area contributed by atoms with Gasteiger partial charge in [0.05, 0.1) is 11.3 Å². The van der Waals surface area contributed by atoms with E-state index in [9.17, 15) is 14.4 Å². The molecule has 1 atom stereocenters. The van der Waals surface area contributed by atoms with E-state index in [2.05, 4.69) is 12.2 Å². The standard InChI is InChI=1S/C22H26N2O4S/c1-5-16-10-12-17(13-11-16)23-21(26)15(2)28-22(27)18-8-6-7-9-19(18)29-14-20(25)24(3)4/h6-13,15H,5,14H2,1-4H3,(H,23,26)/t15-/m1/s1. The first kappa shape index (κ1) is 22.5. The first-order valence-corrected chi connectivity index (χ1v) is 10.3. The first-order chi connectivity index (χ1) is 13.8. The highest BCUT2D eigenvalue weighted by molar-refractivity contribution is 8.00. The summed E-state index contributed by atoms with van der Waals surface area (Å²) in [6.07, 6.45) is -0.0467. The van der Waals surface area contributed by atoms with Gasteiger partial charge in [0.2, 0.25) is 5.91 Å². The molecular weight excluding hydrogens is 388 g/mol. The number of anilines is 1. The number of thioether (sulfide) groups is 1. The monoisotopic (exact) mass is 414 g/mol. The Morgan fingerprint density at radius 3 is 2.34 bits per heavy atom. The van der Waals surface area contributed by atoms with Crippen LogP contribution in [0.4, 0.5) is 5.69 Å². The Balaban J connectivity index is 1.99. The van der Waals surface area contributed by atoms with Crippen LogP contribution in [-0.4, -0.2) is 48.6 Å². The molecule has 0 aliphatic carbocycles. The maximum Gasteiger partial charge on any atom is 0.340 e. The van der Waals surface area contributed by atoms with Crippen LogP contribution in [0, 0.1) is 0 Å². The molecule has 29 heavy (non-hydrogen) atoms. The summed E-state index contributed by atoms with van der Waals surface area (Å²) in [5, 5.41) is 2.75. The molecule has 0 heterocycles. The van der Waals surface area contributed by atoms with Crippen molar-refractivity contribution in [3.63, 3.8) is 0 Å². The molecule has 0 aromatic heterocycles. The molecule has 6 nitrogen and oxygen atoms in total. The zero-order chi connectivity index (χ0) is 21.4. The summed E-state index contributed by atoms with van der Waals surface area (Å²) in [6, 6.07) is 14.4. The van der Waals surface area contributed by atoms with Gasteiger partial charge in [-0.05, 0) is 43.2 Å². The van der Waals surface area contributed by atoms with E-state index in [1.54, 1.807) is 38.4 Å². The molecule has 0 unspecified atom stereocenters. The Labute approximate surface area is 175 Å². The van der Waals surface area contributed by atoms with Crippen molar-refractivity contribution in [1.82, 2.24) is 4.90 Å². The van der Waals surface area contributed by atoms with Gasteiger partial charge >= 0.3 is 5.97 Å². The Kier molecular flexibility index (Phi) is 8.27. The zero-order valence-electron chi connectivity index (χ0n) is 17.1. The van der Waals surface area contributed by atoms with Crippen LogP contribution < -0.4 is 5.32 Å². The van der Waals surface area contributed by atoms with Crippen LogP contribution in [0.3, 0.4) is 0 Å². The second-order valence-electron chi connectivity index (χ2n) is 6.66. The molecule has 0 fully saturated rings. The van der Waals surface area contributed by atoms with E-state index in [0.29, 0.717) is 16.1 Å². The molecule has 0 spiro atoms. The van der Waals surface area contributed by atoms with Crippen LogP contribution >= 0.6 is 11.8 Å². The molecule has 0 aliphatic rings. The third-order valence-corrected chi connectivity index (χ3v) is 5.30. The number of amides is 2. The number of ether oxygens (including phenoxy) is 1. The van der Waals surface area contributed by atoms with Crippen molar-refractivity contribution in [3.8, 4) is 0 Å². The van der Waals surface area contributed by atoms with Crippen molar-refractivity contribution in [1.29, 1.82) is 0 Å². The summed E-state index contributed by atoms with van der Waals surface area (Å²) < 4.78 is 5.35. The minimum Gasteiger partial charge on any atom is -0.449 e. The molecule has 0 radical (unpaired) electrons. The fourth-order valence-electron chi connectivity index (χ4n) is 2.37. The maximum absolute atomic E-state index is 12.6. The number of rotatable bonds is 8. The predicted octanol–water partition coefficient (Wildman–Crippen LogP) is 3.61. The number of carbonyl (C=O) groups is 3. The Bertz CT molecular complexity index is 865. The van der Waals surface area contributed by atoms with Gasteiger partial charge in [0, 0.05) is 24.7 Å². The molecule has 1 N–H and O–H groups in total. The molecule has 2 amide bonds. The zero-order valence-corrected chi connectivity index (χ0v) is 17.9. The lowest BCUT2D eigenvalue weighted by Crippen LogP contribution is -2.30. The maximum atomic E-state index is 12.6. The third-order valence-electron chi connectivity index (χ3n) is 4.24. The van der Waals surface area contributed by atoms with Gasteiger partial charge in [-0.1, -0.05) is 31.2 Å². The van der Waals surface area contributed by atoms with Crippen molar-refractivity contribution in [2.45, 2.75) is 31.3 Å². The van der Waals surface area contributed by atoms with E-state index in [4.69, 9.17) is 4.74 Å². The van der Waals surface area contributed by atoms with E-state index in [1.807, 2.05) is 24.3 Å². The van der Waals surface area contributed by atoms with Crippen molar-refractivity contribution in [3.05, 3.63) is 59.7 Å². The highest BCUT2D eigenvalue weighted by atomic mass is 32.2. The summed E-state index contributed by atoms with van der Waals surface area (Å²) in [6.45, 7) is 3.58. The molecule has 0 aliphatic heterocycles. The van der Waals surface area contributed by atoms with Crippen LogP contribution in [0.25, 0.3) is 0 Å². The van der Waals surface area contributed by atoms with Crippen molar-refractivity contribution in [2.24, 2.45) is 0 Å². The molecule has 2 rings (SSSR count). The molecule has 0 saturated carbocycles. The fraction of sp³-hybridized carbons (Fsp3) is 0.318. The average molecular weight is 415 g/mol. The Morgan fingerprint density at radius 1 is 1.07 bits per heavy atom. The lowest BCUT2D eigenvalue weighted by molar-refractivity contribution is -0.126. The van der Waals surface area contributed by atoms with Crippen molar-refractivity contribution in [2.75, 3.05) is 25.2 Å². The molecule has 0 bridgehead atoms. The lowest BCUT2D eigenvalue weighted by Gasteiger charge is -2.15. The summed E-state index contributed by atoms with van der Waals surface area (Å²) in [4.78, 5) is 38.9. The van der Waals surface area contributed by atoms with Gasteiger partial charge in [-0.15, -0.1) is 11.8 Å². The van der Waals surface area contributed by atoms with E-state index in [0.717, 1.165) is 6.42 Å². The van der Waals surface area contributed by atoms with Crippen LogP contribution in [-0.2, 0) is 20.7 Å². The van der Waals surface area contributed by atoms with Crippen LogP contribution in [0.1, 0.15) is 29.8 Å². The van der Waals surface area contributed by atoms with E-state index in [-0.39, 0.29) is 11.7 Å². The first-order valence-electron chi connectivity index (χ1n) is 9.34. The highest BCUT2D eigenvalue weighted by Gasteiger charge is 2.21. The number of nitrogens with zero attached hydrogens (tertiary/aromatic N) is 1. The number of hydrogen-bond acceptors (Lipinski definition) is 5. The summed E-state index contributed by atoms with van der Waals surface area (Å²) in [7, 11) is 3.36. The smallest absolute Gasteiger partial charge is 0.340 e. The van der Waals surface area contributed by atoms with Gasteiger partial charge in [0.25, 0.3) is 5.91 Å². The van der Waals surface area contributed by atoms with E-state index < -0.39 is 18.0 Å². The third kappa shape index (κ3) is 6.64. The fourth-order valence-corrected chi connectivity index (χ4v) is 3.39. The predicted molar refractivity (Wildman–Crippen MR) is 115 cm³/mol. The minimum atomic E-state index is -0.963. The van der Waals surface area contributed by atoms with Gasteiger partial charge in [-0.3, -0.25) is 9.59 Å². The number of esters is 1. The number of hydrogen-bond donors (Lipinski definition) is 1. The molecule has 154 valence electrons. The van der Waals surface area contributed by atoms with E-state index in [1.165, 1.54) is 29.1 Å². The second kappa shape index (κ2) is 10.7. The van der Waals surface area contributed by atoms with Gasteiger partial charge in [-0.2, -0.15) is 0 Å². The second-order valence-corrected chi connectivity index (χ2v) is 7.68. The number of carbonyl (C=O) groups excluding carboxylic acids is 3. The lowest BCUT2D eigenvalue weighted by atomic mass is 10.1. The van der Waals surface area contributed by atoms with Crippen molar-refractivity contribution < 1.29 is 19.1 Å². The SMILES string of the molecule is CCc1ccc(NC(=O)[C@@H](C)OC(=O)c2ccccc2SCC(=O)N(C)C)cc1.